The minimum absolute atomic E-state index is 0.0750. The molecular weight excluding hydrogens is 202 g/mol. The zero-order valence-corrected chi connectivity index (χ0v) is 10.3. The van der Waals surface area contributed by atoms with Gasteiger partial charge in [0.25, 0.3) is 5.91 Å². The summed E-state index contributed by atoms with van der Waals surface area (Å²) in [5.74, 6) is 0.651. The zero-order valence-electron chi connectivity index (χ0n) is 10.3. The van der Waals surface area contributed by atoms with E-state index in [1.54, 1.807) is 18.3 Å². The summed E-state index contributed by atoms with van der Waals surface area (Å²) < 4.78 is 0. The first kappa shape index (κ1) is 12.5. The minimum atomic E-state index is -0.224. The lowest BCUT2D eigenvalue weighted by Gasteiger charge is -2.20. The Kier molecular flexibility index (Phi) is 3.88. The molecule has 1 heterocycles. The number of amides is 1. The number of rotatable bonds is 3. The number of pyridine rings is 1. The summed E-state index contributed by atoms with van der Waals surface area (Å²) >= 11 is 0. The number of hydrogen-bond acceptors (Lipinski definition) is 3. The lowest BCUT2D eigenvalue weighted by molar-refractivity contribution is 0.0919. The Labute approximate surface area is 96.5 Å². The van der Waals surface area contributed by atoms with Crippen LogP contribution in [0.2, 0.25) is 0 Å². The zero-order chi connectivity index (χ0) is 12.2. The van der Waals surface area contributed by atoms with Gasteiger partial charge in [0.2, 0.25) is 0 Å². The van der Waals surface area contributed by atoms with Gasteiger partial charge in [-0.15, -0.1) is 0 Å². The maximum Gasteiger partial charge on any atom is 0.251 e. The van der Waals surface area contributed by atoms with Crippen LogP contribution < -0.4 is 10.6 Å². The van der Waals surface area contributed by atoms with Gasteiger partial charge in [-0.3, -0.25) is 4.79 Å². The van der Waals surface area contributed by atoms with E-state index < -0.39 is 0 Å². The lowest BCUT2D eigenvalue weighted by Crippen LogP contribution is -2.40. The average molecular weight is 221 g/mol. The molecule has 4 nitrogen and oxygen atoms in total. The van der Waals surface area contributed by atoms with E-state index in [-0.39, 0.29) is 11.4 Å². The van der Waals surface area contributed by atoms with Gasteiger partial charge in [0, 0.05) is 23.8 Å². The Morgan fingerprint density at radius 2 is 2.12 bits per heavy atom. The maximum absolute atomic E-state index is 11.9. The van der Waals surface area contributed by atoms with Gasteiger partial charge in [-0.05, 0) is 39.8 Å². The van der Waals surface area contributed by atoms with Crippen LogP contribution in [0.25, 0.3) is 0 Å². The fraction of sp³-hybridized carbons (Fsp3) is 0.500. The van der Waals surface area contributed by atoms with Crippen molar-refractivity contribution >= 4 is 11.7 Å². The van der Waals surface area contributed by atoms with Crippen molar-refractivity contribution < 1.29 is 4.79 Å². The van der Waals surface area contributed by atoms with E-state index in [0.29, 0.717) is 5.56 Å². The van der Waals surface area contributed by atoms with Gasteiger partial charge in [0.05, 0.1) is 0 Å². The van der Waals surface area contributed by atoms with Crippen LogP contribution in [-0.2, 0) is 0 Å². The second-order valence-electron chi connectivity index (χ2n) is 4.66. The van der Waals surface area contributed by atoms with Crippen molar-refractivity contribution in [3.8, 4) is 0 Å². The molecule has 0 aromatic carbocycles. The maximum atomic E-state index is 11.9. The molecule has 0 aliphatic heterocycles. The molecule has 0 radical (unpaired) electrons. The molecule has 0 unspecified atom stereocenters. The van der Waals surface area contributed by atoms with Crippen molar-refractivity contribution in [1.82, 2.24) is 10.3 Å². The molecule has 0 saturated carbocycles. The van der Waals surface area contributed by atoms with Crippen LogP contribution >= 0.6 is 0 Å². The van der Waals surface area contributed by atoms with Crippen molar-refractivity contribution in [3.05, 3.63) is 23.9 Å². The molecule has 0 aliphatic carbocycles. The monoisotopic (exact) mass is 221 g/mol. The second-order valence-corrected chi connectivity index (χ2v) is 4.66. The number of nitrogens with zero attached hydrogens (tertiary/aromatic N) is 1. The highest BCUT2D eigenvalue weighted by Crippen LogP contribution is 2.08. The van der Waals surface area contributed by atoms with Crippen LogP contribution in [0.15, 0.2) is 18.3 Å². The molecule has 1 rings (SSSR count). The first-order chi connectivity index (χ1) is 7.42. The predicted molar refractivity (Wildman–Crippen MR) is 65.6 cm³/mol. The molecule has 1 amide bonds. The smallest absolute Gasteiger partial charge is 0.251 e. The van der Waals surface area contributed by atoms with Gasteiger partial charge in [-0.1, -0.05) is 0 Å². The number of anilines is 1. The van der Waals surface area contributed by atoms with E-state index in [4.69, 9.17) is 0 Å². The predicted octanol–water partition coefficient (Wildman–Crippen LogP) is 2.04. The molecule has 4 heteroatoms. The Morgan fingerprint density at radius 3 is 2.69 bits per heavy atom. The van der Waals surface area contributed by atoms with Gasteiger partial charge in [-0.2, -0.15) is 0 Å². The van der Waals surface area contributed by atoms with Crippen LogP contribution in [0.4, 0.5) is 5.82 Å². The Hall–Kier alpha value is -1.58. The highest BCUT2D eigenvalue weighted by molar-refractivity contribution is 5.95. The van der Waals surface area contributed by atoms with E-state index >= 15 is 0 Å². The van der Waals surface area contributed by atoms with E-state index in [9.17, 15) is 4.79 Å². The SMILES string of the molecule is CCNc1cc(C(=O)NC(C)(C)C)ccn1. The largest absolute Gasteiger partial charge is 0.370 e. The van der Waals surface area contributed by atoms with Crippen molar-refractivity contribution in [2.24, 2.45) is 0 Å². The Bertz CT molecular complexity index is 369. The van der Waals surface area contributed by atoms with Gasteiger partial charge in [0.1, 0.15) is 5.82 Å². The van der Waals surface area contributed by atoms with E-state index in [1.807, 2.05) is 27.7 Å². The molecule has 0 aliphatic rings. The van der Waals surface area contributed by atoms with Crippen LogP contribution in [0, 0.1) is 0 Å². The number of aromatic nitrogens is 1. The molecule has 0 bridgehead atoms. The number of carbonyl (C=O) groups is 1. The molecule has 2 N–H and O–H groups in total. The molecule has 0 fully saturated rings. The standard InChI is InChI=1S/C12H19N3O/c1-5-13-10-8-9(6-7-14-10)11(16)15-12(2,3)4/h6-8H,5H2,1-4H3,(H,13,14)(H,15,16). The van der Waals surface area contributed by atoms with Gasteiger partial charge >= 0.3 is 0 Å². The van der Waals surface area contributed by atoms with Crippen LogP contribution in [0.3, 0.4) is 0 Å². The summed E-state index contributed by atoms with van der Waals surface area (Å²) in [5.41, 5.74) is 0.402. The number of carbonyl (C=O) groups excluding carboxylic acids is 1. The lowest BCUT2D eigenvalue weighted by atomic mass is 10.1. The third-order valence-corrected chi connectivity index (χ3v) is 1.87. The first-order valence-electron chi connectivity index (χ1n) is 5.45. The molecule has 16 heavy (non-hydrogen) atoms. The minimum Gasteiger partial charge on any atom is -0.370 e. The van der Waals surface area contributed by atoms with E-state index in [0.717, 1.165) is 12.4 Å². The second kappa shape index (κ2) is 4.96. The van der Waals surface area contributed by atoms with Crippen LogP contribution in [-0.4, -0.2) is 23.0 Å². The van der Waals surface area contributed by atoms with Gasteiger partial charge in [0.15, 0.2) is 0 Å². The third-order valence-electron chi connectivity index (χ3n) is 1.87. The Morgan fingerprint density at radius 1 is 1.44 bits per heavy atom. The quantitative estimate of drug-likeness (QED) is 0.821. The highest BCUT2D eigenvalue weighted by Gasteiger charge is 2.15. The summed E-state index contributed by atoms with van der Waals surface area (Å²) in [6.45, 7) is 8.65. The fourth-order valence-corrected chi connectivity index (χ4v) is 1.26. The summed E-state index contributed by atoms with van der Waals surface area (Å²) in [4.78, 5) is 16.0. The molecule has 0 saturated heterocycles. The topological polar surface area (TPSA) is 54.0 Å². The van der Waals surface area contributed by atoms with Crippen molar-refractivity contribution in [2.45, 2.75) is 33.2 Å². The summed E-state index contributed by atoms with van der Waals surface area (Å²) in [7, 11) is 0. The fourth-order valence-electron chi connectivity index (χ4n) is 1.26. The van der Waals surface area contributed by atoms with Crippen molar-refractivity contribution in [1.29, 1.82) is 0 Å². The van der Waals surface area contributed by atoms with Crippen molar-refractivity contribution in [2.75, 3.05) is 11.9 Å². The molecule has 1 aromatic rings. The van der Waals surface area contributed by atoms with E-state index in [2.05, 4.69) is 15.6 Å². The van der Waals surface area contributed by atoms with E-state index in [1.165, 1.54) is 0 Å². The molecule has 0 spiro atoms. The van der Waals surface area contributed by atoms with Crippen LogP contribution in [0.1, 0.15) is 38.1 Å². The summed E-state index contributed by atoms with van der Waals surface area (Å²) in [6.07, 6.45) is 1.63. The normalized spacial score (nSPS) is 11.0. The van der Waals surface area contributed by atoms with Gasteiger partial charge in [-0.25, -0.2) is 4.98 Å². The number of hydrogen-bond donors (Lipinski definition) is 2. The highest BCUT2D eigenvalue weighted by atomic mass is 16.1. The summed E-state index contributed by atoms with van der Waals surface area (Å²) in [5, 5.41) is 5.98. The molecular formula is C12H19N3O. The number of nitrogens with one attached hydrogen (secondary N) is 2. The Balaban J connectivity index is 2.79. The summed E-state index contributed by atoms with van der Waals surface area (Å²) in [6, 6.07) is 3.46. The van der Waals surface area contributed by atoms with Crippen LogP contribution in [0.5, 0.6) is 0 Å². The average Bonchev–Trinajstić information content (AvgIpc) is 2.16. The molecule has 88 valence electrons. The van der Waals surface area contributed by atoms with Crippen molar-refractivity contribution in [3.63, 3.8) is 0 Å². The molecule has 1 aromatic heterocycles. The molecule has 0 atom stereocenters. The first-order valence-corrected chi connectivity index (χ1v) is 5.45. The van der Waals surface area contributed by atoms with Gasteiger partial charge < -0.3 is 10.6 Å². The third kappa shape index (κ3) is 3.88.